The molecule has 0 saturated carbocycles. The summed E-state index contributed by atoms with van der Waals surface area (Å²) in [5.41, 5.74) is 3.20. The average molecular weight is 625 g/mol. The maximum atomic E-state index is 14.5. The number of nitrogens with zero attached hydrogens (tertiary/aromatic N) is 3. The minimum atomic E-state index is -0.347. The molecule has 2 amide bonds. The smallest absolute Gasteiger partial charge is 0.265 e. The normalized spacial score (nSPS) is 16.1. The molecule has 0 atom stereocenters. The molecule has 230 valence electrons. The van der Waals surface area contributed by atoms with Crippen molar-refractivity contribution in [2.75, 3.05) is 49.1 Å². The Labute approximate surface area is 266 Å². The van der Waals surface area contributed by atoms with Crippen LogP contribution >= 0.6 is 11.8 Å². The lowest BCUT2D eigenvalue weighted by Gasteiger charge is -2.36. The Morgan fingerprint density at radius 1 is 0.800 bits per heavy atom. The molecule has 0 spiro atoms. The molecule has 9 heteroatoms. The highest BCUT2D eigenvalue weighted by molar-refractivity contribution is 8.04. The van der Waals surface area contributed by atoms with Crippen molar-refractivity contribution >= 4 is 41.0 Å². The van der Waals surface area contributed by atoms with E-state index >= 15 is 0 Å². The molecule has 0 aliphatic carbocycles. The molecule has 4 aromatic carbocycles. The predicted octanol–water partition coefficient (Wildman–Crippen LogP) is 6.59. The van der Waals surface area contributed by atoms with Crippen LogP contribution in [-0.2, 0) is 11.3 Å². The van der Waals surface area contributed by atoms with Crippen LogP contribution in [0.25, 0.3) is 6.08 Å². The molecule has 1 fully saturated rings. The van der Waals surface area contributed by atoms with Gasteiger partial charge in [0.15, 0.2) is 0 Å². The van der Waals surface area contributed by atoms with Crippen LogP contribution in [0.4, 0.5) is 20.2 Å². The van der Waals surface area contributed by atoms with Gasteiger partial charge in [-0.15, -0.1) is 0 Å². The molecular weight excluding hydrogens is 590 g/mol. The number of carbonyl (C=O) groups is 2. The van der Waals surface area contributed by atoms with Crippen molar-refractivity contribution < 1.29 is 18.4 Å². The van der Waals surface area contributed by atoms with E-state index in [9.17, 15) is 18.4 Å². The van der Waals surface area contributed by atoms with Gasteiger partial charge in [0, 0.05) is 48.7 Å². The number of amides is 2. The first-order valence-electron chi connectivity index (χ1n) is 15.1. The van der Waals surface area contributed by atoms with E-state index in [-0.39, 0.29) is 30.0 Å². The number of thioether (sulfide) groups is 1. The molecule has 45 heavy (non-hydrogen) atoms. The number of rotatable bonds is 9. The molecule has 6 nitrogen and oxygen atoms in total. The third kappa shape index (κ3) is 7.27. The molecule has 0 bridgehead atoms. The van der Waals surface area contributed by atoms with Gasteiger partial charge in [-0.3, -0.25) is 14.5 Å². The minimum Gasteiger partial charge on any atom is -0.367 e. The zero-order valence-electron chi connectivity index (χ0n) is 24.8. The van der Waals surface area contributed by atoms with E-state index in [1.54, 1.807) is 41.3 Å². The molecule has 0 aromatic heterocycles. The number of nitrogens with one attached hydrogen (secondary N) is 1. The number of piperazine rings is 1. The third-order valence-corrected chi connectivity index (χ3v) is 9.17. The number of para-hydroxylation sites is 2. The summed E-state index contributed by atoms with van der Waals surface area (Å²) in [6, 6.07) is 28.2. The first-order chi connectivity index (χ1) is 22.0. The molecule has 1 saturated heterocycles. The second kappa shape index (κ2) is 14.1. The zero-order valence-corrected chi connectivity index (χ0v) is 25.6. The number of benzene rings is 4. The van der Waals surface area contributed by atoms with Crippen molar-refractivity contribution in [2.24, 2.45) is 0 Å². The van der Waals surface area contributed by atoms with Crippen LogP contribution in [0.3, 0.4) is 0 Å². The first kappa shape index (κ1) is 30.6. The number of halogens is 2. The number of fused-ring (bicyclic) bond motifs is 1. The van der Waals surface area contributed by atoms with Crippen molar-refractivity contribution in [3.63, 3.8) is 0 Å². The monoisotopic (exact) mass is 624 g/mol. The van der Waals surface area contributed by atoms with E-state index in [1.807, 2.05) is 54.6 Å². The van der Waals surface area contributed by atoms with Gasteiger partial charge in [-0.05, 0) is 67.1 Å². The summed E-state index contributed by atoms with van der Waals surface area (Å²) >= 11 is 1.39. The van der Waals surface area contributed by atoms with Crippen molar-refractivity contribution in [1.29, 1.82) is 0 Å². The highest BCUT2D eigenvalue weighted by atomic mass is 32.2. The van der Waals surface area contributed by atoms with Crippen molar-refractivity contribution in [3.05, 3.63) is 130 Å². The molecule has 6 rings (SSSR count). The number of anilines is 2. The highest BCUT2D eigenvalue weighted by Crippen LogP contribution is 2.42. The topological polar surface area (TPSA) is 55.9 Å². The third-order valence-electron chi connectivity index (χ3n) is 8.09. The van der Waals surface area contributed by atoms with Gasteiger partial charge in [0.05, 0.1) is 22.8 Å². The van der Waals surface area contributed by atoms with Gasteiger partial charge >= 0.3 is 0 Å². The average Bonchev–Trinajstić information content (AvgIpc) is 3.06. The fourth-order valence-corrected chi connectivity index (χ4v) is 6.68. The van der Waals surface area contributed by atoms with Crippen molar-refractivity contribution in [3.8, 4) is 0 Å². The van der Waals surface area contributed by atoms with Crippen LogP contribution in [0.5, 0.6) is 0 Å². The summed E-state index contributed by atoms with van der Waals surface area (Å²) in [5.74, 6) is -0.877. The van der Waals surface area contributed by atoms with Gasteiger partial charge in [0.2, 0.25) is 0 Å². The van der Waals surface area contributed by atoms with Gasteiger partial charge in [-0.1, -0.05) is 66.4 Å². The van der Waals surface area contributed by atoms with Crippen molar-refractivity contribution in [1.82, 2.24) is 10.2 Å². The summed E-state index contributed by atoms with van der Waals surface area (Å²) in [7, 11) is 0. The van der Waals surface area contributed by atoms with Gasteiger partial charge < -0.3 is 15.1 Å². The highest BCUT2D eigenvalue weighted by Gasteiger charge is 2.29. The van der Waals surface area contributed by atoms with Gasteiger partial charge in [0.25, 0.3) is 11.8 Å². The van der Waals surface area contributed by atoms with Crippen LogP contribution in [-0.4, -0.2) is 56.0 Å². The molecule has 2 heterocycles. The Morgan fingerprint density at radius 3 is 2.20 bits per heavy atom. The van der Waals surface area contributed by atoms with E-state index in [0.717, 1.165) is 55.3 Å². The Balaban J connectivity index is 1.02. The maximum Gasteiger partial charge on any atom is 0.265 e. The predicted molar refractivity (Wildman–Crippen MR) is 176 cm³/mol. The Morgan fingerprint density at radius 2 is 1.47 bits per heavy atom. The van der Waals surface area contributed by atoms with Gasteiger partial charge in [-0.2, -0.15) is 0 Å². The van der Waals surface area contributed by atoms with Gasteiger partial charge in [-0.25, -0.2) is 8.78 Å². The van der Waals surface area contributed by atoms with Crippen molar-refractivity contribution in [2.45, 2.75) is 17.9 Å². The van der Waals surface area contributed by atoms with Crippen LogP contribution in [0, 0.1) is 11.6 Å². The molecule has 2 aliphatic rings. The lowest BCUT2D eigenvalue weighted by Crippen LogP contribution is -2.47. The molecule has 1 N–H and O–H groups in total. The zero-order chi connectivity index (χ0) is 31.2. The lowest BCUT2D eigenvalue weighted by atomic mass is 10.1. The summed E-state index contributed by atoms with van der Waals surface area (Å²) in [4.78, 5) is 33.8. The van der Waals surface area contributed by atoms with E-state index in [2.05, 4.69) is 15.1 Å². The summed E-state index contributed by atoms with van der Waals surface area (Å²) < 4.78 is 28.5. The second-order valence-electron chi connectivity index (χ2n) is 11.1. The van der Waals surface area contributed by atoms with E-state index in [1.165, 1.54) is 23.9 Å². The summed E-state index contributed by atoms with van der Waals surface area (Å²) in [6.45, 7) is 4.80. The van der Waals surface area contributed by atoms with Crippen LogP contribution in [0.1, 0.15) is 27.9 Å². The molecule has 0 unspecified atom stereocenters. The lowest BCUT2D eigenvalue weighted by molar-refractivity contribution is -0.114. The summed E-state index contributed by atoms with van der Waals surface area (Å²) in [5, 5.41) is 3.00. The van der Waals surface area contributed by atoms with Crippen LogP contribution < -0.4 is 15.1 Å². The number of carbonyl (C=O) groups excluding carboxylic acids is 2. The van der Waals surface area contributed by atoms with E-state index < -0.39 is 0 Å². The summed E-state index contributed by atoms with van der Waals surface area (Å²) in [6.07, 6.45) is 2.63. The van der Waals surface area contributed by atoms with Gasteiger partial charge in [0.1, 0.15) is 11.6 Å². The first-order valence-corrected chi connectivity index (χ1v) is 15.9. The standard InChI is InChI=1S/C36H34F2N4O2S/c37-29-9-2-1-8-28(29)25-42-32-12-5-6-13-33(32)45-34(36(42)44)24-26-14-16-27(17-15-26)35(43)39-18-7-19-40-20-22-41(23-21-40)31-11-4-3-10-30(31)38/h1-6,8-17,24H,7,18-23,25H2,(H,39,43). The largest absolute Gasteiger partial charge is 0.367 e. The second-order valence-corrected chi connectivity index (χ2v) is 12.2. The van der Waals surface area contributed by atoms with E-state index in [0.29, 0.717) is 28.3 Å². The minimum absolute atomic E-state index is 0.128. The number of hydrogen-bond donors (Lipinski definition) is 1. The SMILES string of the molecule is O=C(NCCCN1CCN(c2ccccc2F)CC1)c1ccc(C=C2Sc3ccccc3N(Cc3ccccc3F)C2=O)cc1. The quantitative estimate of drug-likeness (QED) is 0.168. The fourth-order valence-electron chi connectivity index (χ4n) is 5.63. The fraction of sp³-hybridized carbons (Fsp3) is 0.222. The molecule has 0 radical (unpaired) electrons. The Bertz CT molecular complexity index is 1700. The molecule has 2 aliphatic heterocycles. The van der Waals surface area contributed by atoms with Crippen LogP contribution in [0.15, 0.2) is 107 Å². The maximum absolute atomic E-state index is 14.5. The van der Waals surface area contributed by atoms with E-state index in [4.69, 9.17) is 0 Å². The number of hydrogen-bond acceptors (Lipinski definition) is 5. The molecule has 4 aromatic rings. The Hall–Kier alpha value is -4.47. The van der Waals surface area contributed by atoms with Crippen LogP contribution in [0.2, 0.25) is 0 Å². The molecular formula is C36H34F2N4O2S. The Kier molecular flexibility index (Phi) is 9.57.